The molecule has 2 aromatic carbocycles. The molecule has 1 heterocycles. The van der Waals surface area contributed by atoms with Crippen LogP contribution in [0.3, 0.4) is 0 Å². The normalized spacial score (nSPS) is 17.9. The van der Waals surface area contributed by atoms with Gasteiger partial charge in [0, 0.05) is 0 Å². The number of esters is 1. The van der Waals surface area contributed by atoms with Gasteiger partial charge in [-0.15, -0.1) is 0 Å². The molecule has 0 N–H and O–H groups in total. The third-order valence-corrected chi connectivity index (χ3v) is 5.80. The number of rotatable bonds is 8. The number of imide groups is 1. The van der Waals surface area contributed by atoms with Crippen molar-refractivity contribution in [2.75, 3.05) is 6.61 Å². The molecule has 0 radical (unpaired) electrons. The molecule has 1 fully saturated rings. The van der Waals surface area contributed by atoms with Crippen LogP contribution in [0.25, 0.3) is 0 Å². The molecule has 2 amide bonds. The largest absolute Gasteiger partial charge is 0.460 e. The van der Waals surface area contributed by atoms with E-state index in [9.17, 15) is 14.4 Å². The van der Waals surface area contributed by atoms with Crippen LogP contribution in [-0.4, -0.2) is 41.1 Å². The Bertz CT molecular complexity index is 951. The maximum atomic E-state index is 13.7. The highest BCUT2D eigenvalue weighted by Gasteiger charge is 2.44. The number of benzene rings is 2. The highest BCUT2D eigenvalue weighted by molar-refractivity contribution is 5.96. The van der Waals surface area contributed by atoms with E-state index in [0.717, 1.165) is 11.1 Å². The quantitative estimate of drug-likeness (QED) is 0.539. The fourth-order valence-corrected chi connectivity index (χ4v) is 4.06. The summed E-state index contributed by atoms with van der Waals surface area (Å²) >= 11 is 0. The van der Waals surface area contributed by atoms with Crippen molar-refractivity contribution in [3.05, 3.63) is 71.8 Å². The first-order valence-corrected chi connectivity index (χ1v) is 11.5. The maximum absolute atomic E-state index is 13.7. The summed E-state index contributed by atoms with van der Waals surface area (Å²) in [5, 5.41) is 0. The van der Waals surface area contributed by atoms with Crippen molar-refractivity contribution < 1.29 is 23.9 Å². The molecule has 1 aliphatic rings. The highest BCUT2D eigenvalue weighted by atomic mass is 16.6. The van der Waals surface area contributed by atoms with Crippen LogP contribution < -0.4 is 0 Å². The number of carbonyl (C=O) groups excluding carboxylic acids is 3. The minimum atomic E-state index is -0.705. The Balaban J connectivity index is 1.82. The molecule has 33 heavy (non-hydrogen) atoms. The predicted octanol–water partition coefficient (Wildman–Crippen LogP) is 4.80. The van der Waals surface area contributed by atoms with Gasteiger partial charge in [-0.25, -0.2) is 9.69 Å². The first-order valence-electron chi connectivity index (χ1n) is 11.5. The minimum absolute atomic E-state index is 0.145. The molecule has 2 aromatic rings. The van der Waals surface area contributed by atoms with Crippen molar-refractivity contribution >= 4 is 18.0 Å². The summed E-state index contributed by atoms with van der Waals surface area (Å²) in [6.07, 6.45) is 0.883. The van der Waals surface area contributed by atoms with Gasteiger partial charge in [0.05, 0.1) is 17.9 Å². The fourth-order valence-electron chi connectivity index (χ4n) is 4.06. The molecule has 176 valence electrons. The third kappa shape index (κ3) is 6.67. The number of carbonyl (C=O) groups is 3. The molecule has 0 spiro atoms. The Morgan fingerprint density at radius 1 is 1.03 bits per heavy atom. The van der Waals surface area contributed by atoms with E-state index in [0.29, 0.717) is 19.3 Å². The molecular weight excluding hydrogens is 418 g/mol. The molecule has 3 atom stereocenters. The Morgan fingerprint density at radius 2 is 1.61 bits per heavy atom. The topological polar surface area (TPSA) is 72.9 Å². The number of amides is 2. The highest BCUT2D eigenvalue weighted by Crippen LogP contribution is 2.28. The van der Waals surface area contributed by atoms with Crippen molar-refractivity contribution in [1.82, 2.24) is 4.90 Å². The number of nitrogens with zero attached hydrogens (tertiary/aromatic N) is 1. The van der Waals surface area contributed by atoms with Gasteiger partial charge in [0.2, 0.25) is 5.91 Å². The first kappa shape index (κ1) is 24.5. The average Bonchev–Trinajstić information content (AvgIpc) is 3.13. The molecular formula is C27H33NO5. The molecule has 0 aliphatic carbocycles. The molecule has 0 bridgehead atoms. The van der Waals surface area contributed by atoms with Crippen LogP contribution in [0.2, 0.25) is 0 Å². The lowest BCUT2D eigenvalue weighted by Crippen LogP contribution is -2.46. The van der Waals surface area contributed by atoms with Crippen LogP contribution in [0.15, 0.2) is 60.7 Å². The van der Waals surface area contributed by atoms with E-state index >= 15 is 0 Å². The van der Waals surface area contributed by atoms with Crippen molar-refractivity contribution in [2.45, 2.75) is 58.6 Å². The van der Waals surface area contributed by atoms with Crippen molar-refractivity contribution in [3.8, 4) is 0 Å². The van der Waals surface area contributed by atoms with E-state index in [2.05, 4.69) is 0 Å². The maximum Gasteiger partial charge on any atom is 0.416 e. The van der Waals surface area contributed by atoms with Gasteiger partial charge >= 0.3 is 12.1 Å². The zero-order valence-electron chi connectivity index (χ0n) is 19.8. The Hall–Kier alpha value is -3.15. The summed E-state index contributed by atoms with van der Waals surface area (Å²) < 4.78 is 10.8. The summed E-state index contributed by atoms with van der Waals surface area (Å²) in [5.41, 5.74) is 1.41. The monoisotopic (exact) mass is 451 g/mol. The van der Waals surface area contributed by atoms with E-state index in [1.54, 1.807) is 27.7 Å². The smallest absolute Gasteiger partial charge is 0.416 e. The van der Waals surface area contributed by atoms with E-state index in [1.165, 1.54) is 4.90 Å². The summed E-state index contributed by atoms with van der Waals surface area (Å²) in [5.74, 6) is -2.23. The van der Waals surface area contributed by atoms with Crippen molar-refractivity contribution in [2.24, 2.45) is 11.8 Å². The van der Waals surface area contributed by atoms with Gasteiger partial charge in [-0.1, -0.05) is 67.6 Å². The van der Waals surface area contributed by atoms with Gasteiger partial charge in [-0.05, 0) is 51.2 Å². The Labute approximate surface area is 195 Å². The van der Waals surface area contributed by atoms with E-state index in [4.69, 9.17) is 9.47 Å². The van der Waals surface area contributed by atoms with Crippen LogP contribution >= 0.6 is 0 Å². The zero-order valence-corrected chi connectivity index (χ0v) is 19.8. The number of hydrogen-bond donors (Lipinski definition) is 0. The molecule has 0 unspecified atom stereocenters. The van der Waals surface area contributed by atoms with Gasteiger partial charge < -0.3 is 9.47 Å². The van der Waals surface area contributed by atoms with Gasteiger partial charge in [-0.2, -0.15) is 0 Å². The van der Waals surface area contributed by atoms with Crippen LogP contribution in [0.5, 0.6) is 0 Å². The Kier molecular flexibility index (Phi) is 7.90. The molecule has 0 aromatic heterocycles. The lowest BCUT2D eigenvalue weighted by molar-refractivity contribution is -0.164. The number of ether oxygens (including phenoxy) is 2. The standard InChI is InChI=1S/C27H33NO5/c1-19(25(30)33-27(2,3)4)23(16-15-20-11-7-5-8-12-20)24(29)28-22(18-32-26(28)31)17-21-13-9-6-10-14-21/h5-14,19,22-23H,15-18H2,1-4H3/t19-,22+,23-/m0/s1. The van der Waals surface area contributed by atoms with Crippen LogP contribution in [0.1, 0.15) is 45.2 Å². The third-order valence-electron chi connectivity index (χ3n) is 5.80. The lowest BCUT2D eigenvalue weighted by Gasteiger charge is -2.30. The summed E-state index contributed by atoms with van der Waals surface area (Å²) in [6, 6.07) is 19.1. The van der Waals surface area contributed by atoms with Crippen LogP contribution in [0, 0.1) is 11.8 Å². The molecule has 3 rings (SSSR count). The average molecular weight is 452 g/mol. The van der Waals surface area contributed by atoms with Crippen molar-refractivity contribution in [1.29, 1.82) is 0 Å². The molecule has 6 heteroatoms. The summed E-state index contributed by atoms with van der Waals surface area (Å²) in [7, 11) is 0. The fraction of sp³-hybridized carbons (Fsp3) is 0.444. The summed E-state index contributed by atoms with van der Waals surface area (Å²) in [6.45, 7) is 7.24. The minimum Gasteiger partial charge on any atom is -0.460 e. The van der Waals surface area contributed by atoms with Crippen molar-refractivity contribution in [3.63, 3.8) is 0 Å². The second-order valence-corrected chi connectivity index (χ2v) is 9.58. The van der Waals surface area contributed by atoms with E-state index in [1.807, 2.05) is 60.7 Å². The van der Waals surface area contributed by atoms with Gasteiger partial charge in [0.1, 0.15) is 12.2 Å². The predicted molar refractivity (Wildman–Crippen MR) is 125 cm³/mol. The van der Waals surface area contributed by atoms with Crippen LogP contribution in [0.4, 0.5) is 4.79 Å². The van der Waals surface area contributed by atoms with Gasteiger partial charge in [0.15, 0.2) is 0 Å². The molecule has 1 saturated heterocycles. The lowest BCUT2D eigenvalue weighted by atomic mass is 9.86. The number of aryl methyl sites for hydroxylation is 1. The SMILES string of the molecule is C[C@H](C(=O)OC(C)(C)C)[C@H](CCc1ccccc1)C(=O)N1C(=O)OC[C@H]1Cc1ccccc1. The number of cyclic esters (lactones) is 1. The zero-order chi connectivity index (χ0) is 24.0. The first-order chi connectivity index (χ1) is 15.7. The Morgan fingerprint density at radius 3 is 2.18 bits per heavy atom. The molecule has 0 saturated carbocycles. The second kappa shape index (κ2) is 10.6. The van der Waals surface area contributed by atoms with E-state index in [-0.39, 0.29) is 12.5 Å². The van der Waals surface area contributed by atoms with Gasteiger partial charge in [-0.3, -0.25) is 9.59 Å². The number of hydrogen-bond acceptors (Lipinski definition) is 5. The second-order valence-electron chi connectivity index (χ2n) is 9.58. The summed E-state index contributed by atoms with van der Waals surface area (Å²) in [4.78, 5) is 40.4. The molecule has 1 aliphatic heterocycles. The van der Waals surface area contributed by atoms with Gasteiger partial charge in [0.25, 0.3) is 0 Å². The van der Waals surface area contributed by atoms with E-state index < -0.39 is 35.5 Å². The van der Waals surface area contributed by atoms with Crippen LogP contribution in [-0.2, 0) is 31.9 Å². The molecule has 6 nitrogen and oxygen atoms in total.